The van der Waals surface area contributed by atoms with E-state index in [1.165, 1.54) is 0 Å². The molecule has 1 aromatic carbocycles. The van der Waals surface area contributed by atoms with Crippen molar-refractivity contribution in [3.8, 4) is 5.75 Å². The van der Waals surface area contributed by atoms with Crippen molar-refractivity contribution < 1.29 is 19.3 Å². The molecule has 14 heavy (non-hydrogen) atoms. The molecule has 0 unspecified atom stereocenters. The van der Waals surface area contributed by atoms with Crippen LogP contribution < -0.4 is 4.74 Å². The van der Waals surface area contributed by atoms with Gasteiger partial charge in [-0.25, -0.2) is 14.6 Å². The first-order valence-electron chi connectivity index (χ1n) is 3.53. The number of para-hydroxylation sites is 1. The Morgan fingerprint density at radius 2 is 1.86 bits per heavy atom. The highest BCUT2D eigenvalue weighted by atomic mass is 32.1. The Morgan fingerprint density at radius 3 is 2.43 bits per heavy atom. The summed E-state index contributed by atoms with van der Waals surface area (Å²) in [6.07, 6.45) is 0. The summed E-state index contributed by atoms with van der Waals surface area (Å²) in [6.45, 7) is 0. The van der Waals surface area contributed by atoms with E-state index in [4.69, 9.17) is 4.74 Å². The van der Waals surface area contributed by atoms with Gasteiger partial charge in [0, 0.05) is 12.2 Å². The standard InChI is InChI=1S/C8H6O4S2/c9-7(13)11-12-8(14)10-6-4-2-1-3-5-6/h1-5H,(H,9,13). The van der Waals surface area contributed by atoms with Crippen LogP contribution in [0.2, 0.25) is 0 Å². The lowest BCUT2D eigenvalue weighted by Crippen LogP contribution is -2.11. The quantitative estimate of drug-likeness (QED) is 0.347. The van der Waals surface area contributed by atoms with Crippen LogP contribution in [0.15, 0.2) is 30.3 Å². The summed E-state index contributed by atoms with van der Waals surface area (Å²) < 4.78 is 4.96. The predicted molar refractivity (Wildman–Crippen MR) is 56.2 cm³/mol. The Hall–Kier alpha value is -1.27. The van der Waals surface area contributed by atoms with E-state index in [2.05, 4.69) is 34.6 Å². The van der Waals surface area contributed by atoms with E-state index in [9.17, 15) is 4.79 Å². The summed E-state index contributed by atoms with van der Waals surface area (Å²) in [5.41, 5.74) is 0. The molecule has 1 aromatic rings. The number of benzene rings is 1. The van der Waals surface area contributed by atoms with Gasteiger partial charge in [0.25, 0.3) is 0 Å². The minimum Gasteiger partial charge on any atom is -0.415 e. The highest BCUT2D eigenvalue weighted by Gasteiger charge is 2.04. The van der Waals surface area contributed by atoms with E-state index in [1.54, 1.807) is 24.3 Å². The minimum absolute atomic E-state index is 0.307. The fraction of sp³-hybridized carbons (Fsp3) is 0. The second-order valence-electron chi connectivity index (χ2n) is 2.10. The third-order valence-corrected chi connectivity index (χ3v) is 1.35. The summed E-state index contributed by atoms with van der Waals surface area (Å²) in [5.74, 6) is 0.493. The lowest BCUT2D eigenvalue weighted by molar-refractivity contribution is -0.156. The van der Waals surface area contributed by atoms with Gasteiger partial charge in [0.05, 0.1) is 0 Å². The first-order chi connectivity index (χ1) is 6.68. The van der Waals surface area contributed by atoms with Crippen LogP contribution >= 0.6 is 24.8 Å². The summed E-state index contributed by atoms with van der Waals surface area (Å²) in [5, 5.41) is -1.21. The largest absolute Gasteiger partial charge is 0.415 e. The van der Waals surface area contributed by atoms with Gasteiger partial charge in [-0.1, -0.05) is 30.8 Å². The maximum absolute atomic E-state index is 10.2. The molecular weight excluding hydrogens is 224 g/mol. The van der Waals surface area contributed by atoms with Crippen LogP contribution in [0.3, 0.4) is 0 Å². The fourth-order valence-electron chi connectivity index (χ4n) is 0.671. The molecule has 0 aliphatic carbocycles. The highest BCUT2D eigenvalue weighted by molar-refractivity contribution is 7.96. The number of rotatable bonds is 1. The van der Waals surface area contributed by atoms with Gasteiger partial charge in [0.15, 0.2) is 0 Å². The third-order valence-electron chi connectivity index (χ3n) is 1.13. The van der Waals surface area contributed by atoms with Crippen molar-refractivity contribution in [1.82, 2.24) is 0 Å². The van der Waals surface area contributed by atoms with Crippen LogP contribution in [0.1, 0.15) is 0 Å². The number of thiocarbonyl (C=S) groups is 1. The van der Waals surface area contributed by atoms with Gasteiger partial charge in [-0.3, -0.25) is 0 Å². The van der Waals surface area contributed by atoms with Gasteiger partial charge in [0.1, 0.15) is 5.75 Å². The number of carbonyl (C=O) groups excluding carboxylic acids is 1. The molecule has 0 aliphatic heterocycles. The zero-order valence-corrected chi connectivity index (χ0v) is 8.59. The van der Waals surface area contributed by atoms with Crippen LogP contribution in [0.5, 0.6) is 5.75 Å². The molecule has 1 rings (SSSR count). The predicted octanol–water partition coefficient (Wildman–Crippen LogP) is 2.35. The van der Waals surface area contributed by atoms with Crippen molar-refractivity contribution >= 4 is 35.4 Å². The molecular formula is C8H6O4S2. The minimum atomic E-state index is -0.899. The average molecular weight is 230 g/mol. The lowest BCUT2D eigenvalue weighted by Gasteiger charge is -2.04. The summed E-state index contributed by atoms with van der Waals surface area (Å²) >= 11 is 7.90. The molecule has 74 valence electrons. The zero-order chi connectivity index (χ0) is 10.4. The van der Waals surface area contributed by atoms with Crippen molar-refractivity contribution in [3.63, 3.8) is 0 Å². The first-order valence-corrected chi connectivity index (χ1v) is 4.38. The lowest BCUT2D eigenvalue weighted by atomic mass is 10.3. The molecule has 0 bridgehead atoms. The van der Waals surface area contributed by atoms with Crippen LogP contribution in [-0.2, 0) is 9.78 Å². The van der Waals surface area contributed by atoms with Gasteiger partial charge in [-0.05, 0) is 12.1 Å². The second-order valence-corrected chi connectivity index (χ2v) is 2.80. The van der Waals surface area contributed by atoms with Crippen molar-refractivity contribution in [1.29, 1.82) is 0 Å². The van der Waals surface area contributed by atoms with Crippen molar-refractivity contribution in [2.24, 2.45) is 0 Å². The SMILES string of the molecule is O=C(S)OOC(=S)Oc1ccccc1. The molecule has 4 nitrogen and oxygen atoms in total. The van der Waals surface area contributed by atoms with Gasteiger partial charge in [-0.2, -0.15) is 0 Å². The monoisotopic (exact) mass is 230 g/mol. The molecule has 0 aromatic heterocycles. The third kappa shape index (κ3) is 4.11. The van der Waals surface area contributed by atoms with Gasteiger partial charge in [0.2, 0.25) is 0 Å². The van der Waals surface area contributed by atoms with E-state index in [0.717, 1.165) is 0 Å². The van der Waals surface area contributed by atoms with Crippen LogP contribution in [0.25, 0.3) is 0 Å². The molecule has 0 saturated carbocycles. The first kappa shape index (κ1) is 10.8. The van der Waals surface area contributed by atoms with Crippen molar-refractivity contribution in [3.05, 3.63) is 30.3 Å². The molecule has 0 aliphatic rings. The molecule has 0 amide bonds. The van der Waals surface area contributed by atoms with Crippen molar-refractivity contribution in [2.75, 3.05) is 0 Å². The van der Waals surface area contributed by atoms with Crippen LogP contribution in [0, 0.1) is 0 Å². The van der Waals surface area contributed by atoms with E-state index in [-0.39, 0.29) is 5.24 Å². The normalized spacial score (nSPS) is 8.93. The Labute approximate surface area is 91.1 Å². The zero-order valence-electron chi connectivity index (χ0n) is 6.88. The summed E-state index contributed by atoms with van der Waals surface area (Å²) in [7, 11) is 0. The topological polar surface area (TPSA) is 44.8 Å². The fourth-order valence-corrected chi connectivity index (χ4v) is 0.839. The number of thiol groups is 1. The van der Waals surface area contributed by atoms with Gasteiger partial charge < -0.3 is 4.74 Å². The van der Waals surface area contributed by atoms with E-state index >= 15 is 0 Å². The maximum Gasteiger partial charge on any atom is 0.410 e. The molecule has 6 heteroatoms. The Bertz CT molecular complexity index is 325. The number of ether oxygens (including phenoxy) is 1. The molecule has 0 radical (unpaired) electrons. The second kappa shape index (κ2) is 5.46. The molecule has 0 N–H and O–H groups in total. The van der Waals surface area contributed by atoms with Crippen molar-refractivity contribution in [2.45, 2.75) is 0 Å². The van der Waals surface area contributed by atoms with Crippen LogP contribution in [0.4, 0.5) is 4.79 Å². The number of carbonyl (C=O) groups is 1. The molecule has 0 heterocycles. The van der Waals surface area contributed by atoms with E-state index in [1.807, 2.05) is 6.07 Å². The van der Waals surface area contributed by atoms with E-state index in [0.29, 0.717) is 5.75 Å². The maximum atomic E-state index is 10.2. The van der Waals surface area contributed by atoms with Crippen LogP contribution in [-0.4, -0.2) is 10.5 Å². The Morgan fingerprint density at radius 1 is 1.21 bits per heavy atom. The molecule has 0 saturated heterocycles. The number of hydrogen-bond acceptors (Lipinski definition) is 5. The van der Waals surface area contributed by atoms with Gasteiger partial charge in [-0.15, -0.1) is 0 Å². The highest BCUT2D eigenvalue weighted by Crippen LogP contribution is 2.09. The molecule has 0 spiro atoms. The molecule has 0 fully saturated rings. The number of hydrogen-bond donors (Lipinski definition) is 1. The van der Waals surface area contributed by atoms with Gasteiger partial charge >= 0.3 is 10.5 Å². The summed E-state index contributed by atoms with van der Waals surface area (Å²) in [4.78, 5) is 18.5. The Balaban J connectivity index is 2.38. The Kier molecular flexibility index (Phi) is 4.21. The average Bonchev–Trinajstić information content (AvgIpc) is 2.16. The smallest absolute Gasteiger partial charge is 0.410 e. The summed E-state index contributed by atoms with van der Waals surface area (Å²) in [6, 6.07) is 8.71. The molecule has 0 atom stereocenters. The van der Waals surface area contributed by atoms with E-state index < -0.39 is 5.30 Å².